The zero-order valence-electron chi connectivity index (χ0n) is 9.08. The molecule has 0 heterocycles. The molecule has 88 valence electrons. The molecule has 0 saturated carbocycles. The lowest BCUT2D eigenvalue weighted by atomic mass is 10.4. The van der Waals surface area contributed by atoms with Gasteiger partial charge in [-0.05, 0) is 14.0 Å². The van der Waals surface area contributed by atoms with Gasteiger partial charge in [0.25, 0.3) is 0 Å². The zero-order valence-corrected chi connectivity index (χ0v) is 9.08. The molecular weight excluding hydrogens is 200 g/mol. The first kappa shape index (κ1) is 13.8. The Hall–Kier alpha value is -1.18. The third-order valence-electron chi connectivity index (χ3n) is 1.66. The molecule has 0 aliphatic heterocycles. The third-order valence-corrected chi connectivity index (χ3v) is 1.66. The second-order valence-electron chi connectivity index (χ2n) is 3.03. The molecule has 0 aromatic carbocycles. The van der Waals surface area contributed by atoms with Gasteiger partial charge in [0.2, 0.25) is 5.91 Å². The van der Waals surface area contributed by atoms with Crippen LogP contribution in [0.3, 0.4) is 0 Å². The zero-order chi connectivity index (χ0) is 11.7. The predicted molar refractivity (Wildman–Crippen MR) is 54.2 cm³/mol. The number of nitrogens with one attached hydrogen (secondary N) is 2. The Morgan fingerprint density at radius 1 is 1.47 bits per heavy atom. The maximum atomic E-state index is 11.1. The van der Waals surface area contributed by atoms with Crippen LogP contribution in [0.15, 0.2) is 0 Å². The predicted octanol–water partition coefficient (Wildman–Crippen LogP) is -1.63. The molecule has 0 rings (SSSR count). The normalized spacial score (nSPS) is 10.1. The van der Waals surface area contributed by atoms with Crippen molar-refractivity contribution in [2.24, 2.45) is 5.84 Å². The number of rotatable bonds is 7. The number of nitrogens with two attached hydrogens (primary N) is 1. The van der Waals surface area contributed by atoms with E-state index in [1.807, 2.05) is 6.92 Å². The number of hydrazine groups is 1. The summed E-state index contributed by atoms with van der Waals surface area (Å²) in [5, 5.41) is 2.66. The molecule has 0 aliphatic rings. The number of likely N-dealkylation sites (N-methyl/N-ethyl adjacent to an activating group) is 2. The van der Waals surface area contributed by atoms with Gasteiger partial charge in [-0.2, -0.15) is 0 Å². The molecule has 0 aliphatic carbocycles. The Morgan fingerprint density at radius 3 is 2.67 bits per heavy atom. The maximum Gasteiger partial charge on any atom is 0.327 e. The number of nitrogens with zero attached hydrogens (tertiary/aromatic N) is 1. The van der Waals surface area contributed by atoms with Crippen LogP contribution in [-0.2, 0) is 14.4 Å². The first-order chi connectivity index (χ1) is 7.10. The highest BCUT2D eigenvalue weighted by Crippen LogP contribution is 1.89. The summed E-state index contributed by atoms with van der Waals surface area (Å²) in [4.78, 5) is 28.0. The van der Waals surface area contributed by atoms with E-state index >= 15 is 0 Å². The fourth-order valence-electron chi connectivity index (χ4n) is 0.976. The molecule has 0 fully saturated rings. The number of carbonyl (C=O) groups excluding carboxylic acids is 2. The highest BCUT2D eigenvalue weighted by atomic mass is 16.7. The van der Waals surface area contributed by atoms with Crippen molar-refractivity contribution in [3.8, 4) is 0 Å². The van der Waals surface area contributed by atoms with E-state index in [1.54, 1.807) is 17.5 Å². The van der Waals surface area contributed by atoms with E-state index in [9.17, 15) is 9.59 Å². The highest BCUT2D eigenvalue weighted by Gasteiger charge is 2.08. The number of carbonyl (C=O) groups is 2. The standard InChI is InChI=1S/C8H18N4O3/c1-3-10-7(13)6-12(2)5-4-8(14)15-11-9/h11H,3-6,9H2,1-2H3,(H,10,13). The monoisotopic (exact) mass is 218 g/mol. The van der Waals surface area contributed by atoms with Gasteiger partial charge in [0, 0.05) is 13.1 Å². The van der Waals surface area contributed by atoms with Crippen LogP contribution in [0.1, 0.15) is 13.3 Å². The van der Waals surface area contributed by atoms with Gasteiger partial charge in [-0.1, -0.05) is 5.59 Å². The van der Waals surface area contributed by atoms with Crippen molar-refractivity contribution in [3.63, 3.8) is 0 Å². The van der Waals surface area contributed by atoms with Gasteiger partial charge in [0.1, 0.15) is 0 Å². The van der Waals surface area contributed by atoms with Gasteiger partial charge in [-0.15, -0.1) is 0 Å². The molecule has 0 spiro atoms. The van der Waals surface area contributed by atoms with Gasteiger partial charge in [0.05, 0.1) is 13.0 Å². The fourth-order valence-corrected chi connectivity index (χ4v) is 0.976. The van der Waals surface area contributed by atoms with E-state index in [2.05, 4.69) is 10.2 Å². The summed E-state index contributed by atoms with van der Waals surface area (Å²) in [5.41, 5.74) is 1.80. The van der Waals surface area contributed by atoms with Gasteiger partial charge in [0.15, 0.2) is 0 Å². The van der Waals surface area contributed by atoms with Gasteiger partial charge in [-0.25, -0.2) is 5.84 Å². The van der Waals surface area contributed by atoms with Gasteiger partial charge in [-0.3, -0.25) is 14.5 Å². The van der Waals surface area contributed by atoms with Crippen LogP contribution < -0.4 is 16.7 Å². The lowest BCUT2D eigenvalue weighted by Crippen LogP contribution is -2.36. The Morgan fingerprint density at radius 2 is 2.13 bits per heavy atom. The van der Waals surface area contributed by atoms with Crippen LogP contribution in [0.5, 0.6) is 0 Å². The van der Waals surface area contributed by atoms with Crippen molar-refractivity contribution in [3.05, 3.63) is 0 Å². The van der Waals surface area contributed by atoms with Crippen molar-refractivity contribution in [1.82, 2.24) is 15.8 Å². The molecule has 0 aromatic heterocycles. The Bertz CT molecular complexity index is 210. The van der Waals surface area contributed by atoms with Gasteiger partial charge >= 0.3 is 5.97 Å². The lowest BCUT2D eigenvalue weighted by Gasteiger charge is -2.14. The highest BCUT2D eigenvalue weighted by molar-refractivity contribution is 5.78. The third kappa shape index (κ3) is 7.86. The minimum absolute atomic E-state index is 0.0645. The first-order valence-electron chi connectivity index (χ1n) is 4.70. The van der Waals surface area contributed by atoms with E-state index < -0.39 is 5.97 Å². The molecule has 0 saturated heterocycles. The largest absolute Gasteiger partial charge is 0.356 e. The fraction of sp³-hybridized carbons (Fsp3) is 0.750. The molecule has 0 bridgehead atoms. The van der Waals surface area contributed by atoms with E-state index in [1.165, 1.54) is 0 Å². The van der Waals surface area contributed by atoms with Crippen LogP contribution in [0.2, 0.25) is 0 Å². The molecule has 0 radical (unpaired) electrons. The van der Waals surface area contributed by atoms with Crippen LogP contribution in [-0.4, -0.2) is 43.5 Å². The smallest absolute Gasteiger partial charge is 0.327 e. The summed E-state index contributed by atoms with van der Waals surface area (Å²) in [6, 6.07) is 0. The molecule has 4 N–H and O–H groups in total. The van der Waals surface area contributed by atoms with Crippen molar-refractivity contribution >= 4 is 11.9 Å². The summed E-state index contributed by atoms with van der Waals surface area (Å²) in [6.45, 7) is 3.16. The van der Waals surface area contributed by atoms with E-state index in [-0.39, 0.29) is 18.9 Å². The molecule has 7 heteroatoms. The molecule has 0 aromatic rings. The average molecular weight is 218 g/mol. The van der Waals surface area contributed by atoms with Gasteiger partial charge < -0.3 is 10.2 Å². The SMILES string of the molecule is CCNC(=O)CN(C)CCC(=O)ONN. The number of amides is 1. The summed E-state index contributed by atoms with van der Waals surface area (Å²) in [5.74, 6) is 4.26. The van der Waals surface area contributed by atoms with Crippen LogP contribution >= 0.6 is 0 Å². The van der Waals surface area contributed by atoms with Crippen molar-refractivity contribution in [2.75, 3.05) is 26.7 Å². The Labute approximate surface area is 88.9 Å². The minimum atomic E-state index is -0.458. The molecule has 0 unspecified atom stereocenters. The topological polar surface area (TPSA) is 96.7 Å². The van der Waals surface area contributed by atoms with Crippen LogP contribution in [0.25, 0.3) is 0 Å². The Kier molecular flexibility index (Phi) is 7.51. The van der Waals surface area contributed by atoms with Crippen molar-refractivity contribution < 1.29 is 14.4 Å². The first-order valence-corrected chi connectivity index (χ1v) is 4.70. The second-order valence-corrected chi connectivity index (χ2v) is 3.03. The Balaban J connectivity index is 3.60. The molecule has 7 nitrogen and oxygen atoms in total. The second kappa shape index (κ2) is 8.16. The average Bonchev–Trinajstić information content (AvgIpc) is 2.15. The van der Waals surface area contributed by atoms with E-state index in [0.29, 0.717) is 13.1 Å². The molecule has 15 heavy (non-hydrogen) atoms. The van der Waals surface area contributed by atoms with Crippen molar-refractivity contribution in [2.45, 2.75) is 13.3 Å². The summed E-state index contributed by atoms with van der Waals surface area (Å²) in [7, 11) is 1.75. The van der Waals surface area contributed by atoms with Crippen LogP contribution in [0.4, 0.5) is 0 Å². The van der Waals surface area contributed by atoms with E-state index in [4.69, 9.17) is 5.84 Å². The quantitative estimate of drug-likeness (QED) is 0.350. The van der Waals surface area contributed by atoms with Crippen molar-refractivity contribution in [1.29, 1.82) is 0 Å². The molecule has 1 amide bonds. The maximum absolute atomic E-state index is 11.1. The molecular formula is C8H18N4O3. The number of hydrogen-bond acceptors (Lipinski definition) is 6. The molecule has 0 atom stereocenters. The summed E-state index contributed by atoms with van der Waals surface area (Å²) < 4.78 is 0. The van der Waals surface area contributed by atoms with E-state index in [0.717, 1.165) is 0 Å². The summed E-state index contributed by atoms with van der Waals surface area (Å²) >= 11 is 0. The lowest BCUT2D eigenvalue weighted by molar-refractivity contribution is -0.151. The number of hydrogen-bond donors (Lipinski definition) is 3. The van der Waals surface area contributed by atoms with Crippen LogP contribution in [0, 0.1) is 0 Å². The summed E-state index contributed by atoms with van der Waals surface area (Å²) in [6.07, 6.45) is 0.181. The minimum Gasteiger partial charge on any atom is -0.356 e.